The number of H-pyrrole nitrogens is 2. The van der Waals surface area contributed by atoms with Crippen molar-refractivity contribution in [2.75, 3.05) is 0 Å². The van der Waals surface area contributed by atoms with Crippen LogP contribution in [0.25, 0.3) is 67.5 Å². The van der Waals surface area contributed by atoms with E-state index in [1.165, 1.54) is 0 Å². The summed E-state index contributed by atoms with van der Waals surface area (Å²) in [6, 6.07) is 52.6. The molecule has 0 fully saturated rings. The molecule has 0 radical (unpaired) electrons. The van der Waals surface area contributed by atoms with Crippen molar-refractivity contribution in [2.45, 2.75) is 0 Å². The molecular weight excluding hydrogens is 486 g/mol. The van der Waals surface area contributed by atoms with Crippen molar-refractivity contribution in [1.29, 1.82) is 0 Å². The zero-order chi connectivity index (χ0) is 26.7. The number of nitrogens with zero attached hydrogens (tertiary/aromatic N) is 1. The zero-order valence-corrected chi connectivity index (χ0v) is 21.9. The highest BCUT2D eigenvalue weighted by atomic mass is 14.8. The average molecular weight is 514 g/mol. The van der Waals surface area contributed by atoms with Gasteiger partial charge in [-0.1, -0.05) is 127 Å². The molecule has 7 rings (SSSR count). The third-order valence-electron chi connectivity index (χ3n) is 7.24. The number of aromatic amines is 2. The van der Waals surface area contributed by atoms with Crippen LogP contribution in [0.4, 0.5) is 0 Å². The molecule has 3 heteroatoms. The normalized spacial score (nSPS) is 11.0. The lowest BCUT2D eigenvalue weighted by molar-refractivity contribution is 1.26. The Morgan fingerprint density at radius 1 is 0.350 bits per heavy atom. The molecule has 7 aromatic rings. The monoisotopic (exact) mass is 513 g/mol. The minimum Gasteiger partial charge on any atom is -0.353 e. The fourth-order valence-electron chi connectivity index (χ4n) is 5.26. The predicted molar refractivity (Wildman–Crippen MR) is 166 cm³/mol. The summed E-state index contributed by atoms with van der Waals surface area (Å²) in [6.45, 7) is 0. The molecule has 0 atom stereocenters. The number of rotatable bonds is 6. The van der Waals surface area contributed by atoms with Crippen LogP contribution in [0.3, 0.4) is 0 Å². The van der Waals surface area contributed by atoms with Crippen molar-refractivity contribution >= 4 is 0 Å². The fraction of sp³-hybridized carbons (Fsp3) is 0. The van der Waals surface area contributed by atoms with E-state index in [-0.39, 0.29) is 0 Å². The lowest BCUT2D eigenvalue weighted by Gasteiger charge is -2.08. The molecule has 2 N–H and O–H groups in total. The Kier molecular flexibility index (Phi) is 6.15. The lowest BCUT2D eigenvalue weighted by Crippen LogP contribution is -1.92. The van der Waals surface area contributed by atoms with Crippen molar-refractivity contribution in [3.8, 4) is 67.5 Å². The van der Waals surface area contributed by atoms with Gasteiger partial charge in [0.2, 0.25) is 0 Å². The molecule has 0 saturated heterocycles. The Labute approximate surface area is 233 Å². The molecule has 0 aliphatic heterocycles. The molecule has 0 amide bonds. The van der Waals surface area contributed by atoms with E-state index in [0.29, 0.717) is 0 Å². The summed E-state index contributed by atoms with van der Waals surface area (Å²) in [7, 11) is 0. The highest BCUT2D eigenvalue weighted by molar-refractivity contribution is 5.88. The molecule has 3 aromatic heterocycles. The van der Waals surface area contributed by atoms with Gasteiger partial charge in [0.15, 0.2) is 0 Å². The molecule has 0 spiro atoms. The summed E-state index contributed by atoms with van der Waals surface area (Å²) in [5, 5.41) is 0. The summed E-state index contributed by atoms with van der Waals surface area (Å²) < 4.78 is 0. The maximum absolute atomic E-state index is 5.24. The van der Waals surface area contributed by atoms with E-state index in [0.717, 1.165) is 67.5 Å². The van der Waals surface area contributed by atoms with E-state index in [9.17, 15) is 0 Å². The largest absolute Gasteiger partial charge is 0.353 e. The van der Waals surface area contributed by atoms with Crippen molar-refractivity contribution in [3.05, 3.63) is 152 Å². The maximum Gasteiger partial charge on any atom is 0.0879 e. The number of hydrogen-bond donors (Lipinski definition) is 2. The highest BCUT2D eigenvalue weighted by Crippen LogP contribution is 2.38. The molecule has 40 heavy (non-hydrogen) atoms. The van der Waals surface area contributed by atoms with E-state index >= 15 is 0 Å². The summed E-state index contributed by atoms with van der Waals surface area (Å²) in [5.41, 5.74) is 12.8. The zero-order valence-electron chi connectivity index (χ0n) is 21.9. The Morgan fingerprint density at radius 2 is 0.700 bits per heavy atom. The Balaban J connectivity index is 1.39. The molecule has 0 aliphatic rings. The van der Waals surface area contributed by atoms with Crippen LogP contribution in [-0.4, -0.2) is 15.0 Å². The van der Waals surface area contributed by atoms with Crippen molar-refractivity contribution in [3.63, 3.8) is 0 Å². The number of hydrogen-bond acceptors (Lipinski definition) is 1. The first-order valence-electron chi connectivity index (χ1n) is 13.5. The molecule has 0 bridgehead atoms. The third-order valence-corrected chi connectivity index (χ3v) is 7.24. The van der Waals surface area contributed by atoms with Crippen molar-refractivity contribution < 1.29 is 0 Å². The molecule has 0 saturated carbocycles. The molecule has 4 aromatic carbocycles. The second kappa shape index (κ2) is 10.4. The standard InChI is InChI=1S/C37H27N3/c1-5-14-26(15-6-1)30-24-34(28-18-9-3-10-19-28)39-36(30)32-22-13-23-33(38-32)37-31(27-16-7-2-8-17-27)25-35(40-37)29-20-11-4-12-21-29/h1-25,39-40H. The first kappa shape index (κ1) is 23.7. The molecule has 0 aliphatic carbocycles. The van der Waals surface area contributed by atoms with E-state index in [1.54, 1.807) is 0 Å². The van der Waals surface area contributed by atoms with Crippen LogP contribution in [-0.2, 0) is 0 Å². The van der Waals surface area contributed by atoms with E-state index in [4.69, 9.17) is 4.98 Å². The molecule has 3 nitrogen and oxygen atoms in total. The van der Waals surface area contributed by atoms with Crippen LogP contribution < -0.4 is 0 Å². The molecule has 190 valence electrons. The topological polar surface area (TPSA) is 44.5 Å². The van der Waals surface area contributed by atoms with Gasteiger partial charge in [0.1, 0.15) is 0 Å². The van der Waals surface area contributed by atoms with Crippen LogP contribution in [0.5, 0.6) is 0 Å². The smallest absolute Gasteiger partial charge is 0.0879 e. The van der Waals surface area contributed by atoms with Crippen LogP contribution in [0.15, 0.2) is 152 Å². The van der Waals surface area contributed by atoms with Gasteiger partial charge >= 0.3 is 0 Å². The number of benzene rings is 4. The van der Waals surface area contributed by atoms with Crippen LogP contribution in [0.1, 0.15) is 0 Å². The third kappa shape index (κ3) is 4.55. The summed E-state index contributed by atoms with van der Waals surface area (Å²) in [6.07, 6.45) is 0. The van der Waals surface area contributed by atoms with E-state index < -0.39 is 0 Å². The van der Waals surface area contributed by atoms with Crippen LogP contribution in [0, 0.1) is 0 Å². The number of pyridine rings is 1. The summed E-state index contributed by atoms with van der Waals surface area (Å²) >= 11 is 0. The molecule has 3 heterocycles. The van der Waals surface area contributed by atoms with Gasteiger partial charge in [0, 0.05) is 22.5 Å². The maximum atomic E-state index is 5.24. The van der Waals surface area contributed by atoms with Gasteiger partial charge in [-0.3, -0.25) is 0 Å². The predicted octanol–water partition coefficient (Wildman–Crippen LogP) is 9.74. The summed E-state index contributed by atoms with van der Waals surface area (Å²) in [5.74, 6) is 0. The van der Waals surface area contributed by atoms with Crippen LogP contribution in [0.2, 0.25) is 0 Å². The van der Waals surface area contributed by atoms with Gasteiger partial charge in [-0.25, -0.2) is 4.98 Å². The van der Waals surface area contributed by atoms with Gasteiger partial charge in [-0.2, -0.15) is 0 Å². The molecular formula is C37H27N3. The number of nitrogens with one attached hydrogen (secondary N) is 2. The van der Waals surface area contributed by atoms with Crippen molar-refractivity contribution in [2.24, 2.45) is 0 Å². The van der Waals surface area contributed by atoms with E-state index in [2.05, 4.69) is 137 Å². The quantitative estimate of drug-likeness (QED) is 0.228. The van der Waals surface area contributed by atoms with Crippen LogP contribution >= 0.6 is 0 Å². The second-order valence-electron chi connectivity index (χ2n) is 9.82. The second-order valence-corrected chi connectivity index (χ2v) is 9.82. The molecule has 0 unspecified atom stereocenters. The minimum absolute atomic E-state index is 0.897. The lowest BCUT2D eigenvalue weighted by atomic mass is 10.0. The van der Waals surface area contributed by atoms with Gasteiger partial charge in [0.05, 0.1) is 22.8 Å². The van der Waals surface area contributed by atoms with Gasteiger partial charge in [0.25, 0.3) is 0 Å². The van der Waals surface area contributed by atoms with Crippen molar-refractivity contribution in [1.82, 2.24) is 15.0 Å². The van der Waals surface area contributed by atoms with E-state index in [1.807, 2.05) is 24.3 Å². The Hall–Kier alpha value is -5.41. The first-order valence-corrected chi connectivity index (χ1v) is 13.5. The summed E-state index contributed by atoms with van der Waals surface area (Å²) in [4.78, 5) is 12.6. The Morgan fingerprint density at radius 3 is 1.07 bits per heavy atom. The minimum atomic E-state index is 0.897. The Bertz CT molecular complexity index is 1730. The first-order chi connectivity index (χ1) is 19.8. The van der Waals surface area contributed by atoms with Gasteiger partial charge in [-0.05, 0) is 46.5 Å². The van der Waals surface area contributed by atoms with Gasteiger partial charge < -0.3 is 9.97 Å². The highest BCUT2D eigenvalue weighted by Gasteiger charge is 2.18. The number of aromatic nitrogens is 3. The fourth-order valence-corrected chi connectivity index (χ4v) is 5.26. The van der Waals surface area contributed by atoms with Gasteiger partial charge in [-0.15, -0.1) is 0 Å². The SMILES string of the molecule is c1ccc(-c2cc(-c3ccccc3)c(-c3cccc(-c4[nH]c(-c5ccccc5)cc4-c4ccccc4)n3)[nH]2)cc1. The average Bonchev–Trinajstić information content (AvgIpc) is 3.69.